The molecular weight excluding hydrogens is 543 g/mol. The maximum atomic E-state index is 16.4. The van der Waals surface area contributed by atoms with E-state index >= 15 is 4.39 Å². The molecule has 1 heterocycles. The fraction of sp³-hybridized carbons (Fsp3) is 0.219. The molecule has 0 unspecified atom stereocenters. The average Bonchev–Trinajstić information content (AvgIpc) is 3.22. The Bertz CT molecular complexity index is 1690. The van der Waals surface area contributed by atoms with Crippen molar-refractivity contribution in [1.82, 2.24) is 4.72 Å². The maximum Gasteiger partial charge on any atom is 0.326 e. The largest absolute Gasteiger partial charge is 0.488 e. The third kappa shape index (κ3) is 6.52. The summed E-state index contributed by atoms with van der Waals surface area (Å²) in [5.41, 5.74) is 2.13. The zero-order valence-corrected chi connectivity index (χ0v) is 23.7. The van der Waals surface area contributed by atoms with Gasteiger partial charge in [-0.05, 0) is 47.1 Å². The lowest BCUT2D eigenvalue weighted by Gasteiger charge is -2.22. The number of amides is 1. The van der Waals surface area contributed by atoms with Crippen LogP contribution in [0.3, 0.4) is 0 Å². The molecule has 0 aromatic heterocycles. The second-order valence-corrected chi connectivity index (χ2v) is 11.9. The summed E-state index contributed by atoms with van der Waals surface area (Å²) in [5.74, 6) is -0.582. The molecule has 1 saturated heterocycles. The number of carbonyl (C=O) groups is 1. The van der Waals surface area contributed by atoms with Crippen LogP contribution < -0.4 is 18.5 Å². The predicted molar refractivity (Wildman–Crippen MR) is 158 cm³/mol. The molecule has 9 heteroatoms. The summed E-state index contributed by atoms with van der Waals surface area (Å²) in [4.78, 5) is 12.0. The van der Waals surface area contributed by atoms with Crippen LogP contribution in [0.15, 0.2) is 84.9 Å². The molecule has 41 heavy (non-hydrogen) atoms. The van der Waals surface area contributed by atoms with Crippen molar-refractivity contribution in [2.24, 2.45) is 5.92 Å². The Morgan fingerprint density at radius 3 is 2.07 bits per heavy atom. The molecule has 5 rings (SSSR count). The molecule has 0 radical (unpaired) electrons. The van der Waals surface area contributed by atoms with Gasteiger partial charge in [0.25, 0.3) is 5.91 Å². The highest BCUT2D eigenvalue weighted by Gasteiger charge is 2.38. The lowest BCUT2D eigenvalue weighted by Crippen LogP contribution is -2.30. The van der Waals surface area contributed by atoms with Crippen molar-refractivity contribution in [2.45, 2.75) is 33.5 Å². The Hall–Kier alpha value is -4.37. The first-order valence-electron chi connectivity index (χ1n) is 13.3. The van der Waals surface area contributed by atoms with E-state index in [0.29, 0.717) is 29.2 Å². The van der Waals surface area contributed by atoms with Crippen molar-refractivity contribution in [3.05, 3.63) is 107 Å². The number of nitrogens with zero attached hydrogens (tertiary/aromatic N) is 1. The molecule has 0 spiro atoms. The minimum atomic E-state index is -4.29. The lowest BCUT2D eigenvalue weighted by atomic mass is 10.0. The maximum absolute atomic E-state index is 16.4. The molecule has 0 aliphatic carbocycles. The van der Waals surface area contributed by atoms with E-state index < -0.39 is 28.5 Å². The normalized spacial score (nSPS) is 14.6. The second-order valence-electron chi connectivity index (χ2n) is 10.3. The number of ether oxygens (including phenoxy) is 2. The Labute approximate surface area is 239 Å². The Balaban J connectivity index is 1.63. The smallest absolute Gasteiger partial charge is 0.326 e. The number of nitrogens with one attached hydrogen (secondary N) is 1. The average molecular weight is 575 g/mol. The van der Waals surface area contributed by atoms with Crippen LogP contribution in [0.2, 0.25) is 0 Å². The zero-order valence-electron chi connectivity index (χ0n) is 22.8. The van der Waals surface area contributed by atoms with Crippen molar-refractivity contribution in [3.8, 4) is 11.5 Å². The third-order valence-electron chi connectivity index (χ3n) is 6.60. The van der Waals surface area contributed by atoms with Gasteiger partial charge in [-0.1, -0.05) is 86.7 Å². The summed E-state index contributed by atoms with van der Waals surface area (Å²) in [7, 11) is -4.29. The Morgan fingerprint density at radius 2 is 1.51 bits per heavy atom. The van der Waals surface area contributed by atoms with E-state index in [0.717, 1.165) is 21.9 Å². The van der Waals surface area contributed by atoms with Gasteiger partial charge in [0.15, 0.2) is 5.82 Å². The van der Waals surface area contributed by atoms with Crippen LogP contribution in [-0.4, -0.2) is 20.9 Å². The van der Waals surface area contributed by atoms with E-state index in [1.54, 1.807) is 18.2 Å². The highest BCUT2D eigenvalue weighted by Crippen LogP contribution is 2.41. The Kier molecular flexibility index (Phi) is 8.26. The van der Waals surface area contributed by atoms with Crippen LogP contribution >= 0.6 is 0 Å². The molecule has 1 N–H and O–H groups in total. The van der Waals surface area contributed by atoms with Gasteiger partial charge in [-0.2, -0.15) is 8.42 Å². The van der Waals surface area contributed by atoms with Gasteiger partial charge in [-0.3, -0.25) is 4.79 Å². The molecule has 212 valence electrons. The SMILES string of the molecule is CC(C)C/C=C/c1cc2c(F)c(N3CC(=O)NS3(=O)=O)c(OCc3ccccc3)cc2cc1OCc1ccccc1. The van der Waals surface area contributed by atoms with Crippen LogP contribution in [0, 0.1) is 11.7 Å². The molecule has 0 bridgehead atoms. The molecule has 4 aromatic carbocycles. The topological polar surface area (TPSA) is 84.9 Å². The number of benzene rings is 4. The summed E-state index contributed by atoms with van der Waals surface area (Å²) in [5, 5.41) is 0.645. The van der Waals surface area contributed by atoms with Gasteiger partial charge in [0.2, 0.25) is 0 Å². The fourth-order valence-corrected chi connectivity index (χ4v) is 5.71. The lowest BCUT2D eigenvalue weighted by molar-refractivity contribution is -0.117. The van der Waals surface area contributed by atoms with Crippen LogP contribution in [-0.2, 0) is 28.2 Å². The molecule has 7 nitrogen and oxygen atoms in total. The number of allylic oxidation sites excluding steroid dienone is 1. The van der Waals surface area contributed by atoms with Gasteiger partial charge in [0, 0.05) is 10.9 Å². The van der Waals surface area contributed by atoms with Crippen LogP contribution in [0.25, 0.3) is 16.8 Å². The third-order valence-corrected chi connectivity index (χ3v) is 7.97. The summed E-state index contributed by atoms with van der Waals surface area (Å²) in [6, 6.07) is 23.9. The zero-order chi connectivity index (χ0) is 29.0. The van der Waals surface area contributed by atoms with Crippen molar-refractivity contribution in [2.75, 3.05) is 10.8 Å². The number of rotatable bonds is 10. The first kappa shape index (κ1) is 28.2. The second kappa shape index (κ2) is 12.0. The van der Waals surface area contributed by atoms with Gasteiger partial charge in [0.1, 0.15) is 36.9 Å². The molecule has 0 saturated carbocycles. The molecule has 0 atom stereocenters. The summed E-state index contributed by atoms with van der Waals surface area (Å²) in [6.07, 6.45) is 4.71. The number of anilines is 1. The molecule has 4 aromatic rings. The number of hydrogen-bond donors (Lipinski definition) is 1. The number of fused-ring (bicyclic) bond motifs is 1. The quantitative estimate of drug-likeness (QED) is 0.238. The highest BCUT2D eigenvalue weighted by molar-refractivity contribution is 7.92. The molecule has 1 fully saturated rings. The van der Waals surface area contributed by atoms with E-state index in [4.69, 9.17) is 9.47 Å². The molecule has 1 aliphatic rings. The van der Waals surface area contributed by atoms with E-state index in [1.807, 2.05) is 77.5 Å². The first-order chi connectivity index (χ1) is 19.7. The van der Waals surface area contributed by atoms with E-state index in [2.05, 4.69) is 13.8 Å². The van der Waals surface area contributed by atoms with Crippen molar-refractivity contribution >= 4 is 38.7 Å². The minimum absolute atomic E-state index is 0.00367. The molecular formula is C32H31FN2O5S. The summed E-state index contributed by atoms with van der Waals surface area (Å²) >= 11 is 0. The number of hydrogen-bond acceptors (Lipinski definition) is 5. The highest BCUT2D eigenvalue weighted by atomic mass is 32.2. The summed E-state index contributed by atoms with van der Waals surface area (Å²) < 4.78 is 56.8. The van der Waals surface area contributed by atoms with Crippen molar-refractivity contribution < 1.29 is 27.1 Å². The minimum Gasteiger partial charge on any atom is -0.488 e. The van der Waals surface area contributed by atoms with E-state index in [-0.39, 0.29) is 23.4 Å². The monoisotopic (exact) mass is 574 g/mol. The van der Waals surface area contributed by atoms with Crippen molar-refractivity contribution in [3.63, 3.8) is 0 Å². The van der Waals surface area contributed by atoms with Gasteiger partial charge < -0.3 is 9.47 Å². The standard InChI is InChI=1S/C32H31FN2O5S/c1-22(2)10-9-15-25-16-27-26(17-28(25)39-20-23-11-5-3-6-12-23)18-29(40-21-24-13-7-4-8-14-24)32(31(27)33)35-19-30(36)34-41(35,37)38/h3-9,11-18,22H,10,19-21H2,1-2H3,(H,34,36)/b15-9+. The van der Waals surface area contributed by atoms with Gasteiger partial charge in [-0.15, -0.1) is 0 Å². The van der Waals surface area contributed by atoms with E-state index in [9.17, 15) is 13.2 Å². The Morgan fingerprint density at radius 1 is 0.927 bits per heavy atom. The molecule has 1 aliphatic heterocycles. The number of halogens is 1. The van der Waals surface area contributed by atoms with Gasteiger partial charge >= 0.3 is 10.2 Å². The van der Waals surface area contributed by atoms with Crippen LogP contribution in [0.1, 0.15) is 37.0 Å². The van der Waals surface area contributed by atoms with Crippen molar-refractivity contribution in [1.29, 1.82) is 0 Å². The van der Waals surface area contributed by atoms with Gasteiger partial charge in [0.05, 0.1) is 0 Å². The molecule has 1 amide bonds. The van der Waals surface area contributed by atoms with Crippen LogP contribution in [0.5, 0.6) is 11.5 Å². The first-order valence-corrected chi connectivity index (χ1v) is 14.8. The summed E-state index contributed by atoms with van der Waals surface area (Å²) in [6.45, 7) is 4.04. The fourth-order valence-electron chi connectivity index (χ4n) is 4.55. The van der Waals surface area contributed by atoms with Gasteiger partial charge in [-0.25, -0.2) is 13.4 Å². The number of carbonyl (C=O) groups excluding carboxylic acids is 1. The van der Waals surface area contributed by atoms with E-state index in [1.165, 1.54) is 0 Å². The van der Waals surface area contributed by atoms with Crippen LogP contribution in [0.4, 0.5) is 10.1 Å². The predicted octanol–water partition coefficient (Wildman–Crippen LogP) is 6.38.